The number of fused-ring (bicyclic) bond motifs is 1. The molecule has 0 aliphatic carbocycles. The third-order valence-corrected chi connectivity index (χ3v) is 2.73. The number of Topliss-reactive ketones (excluding diaryl/α,β-unsaturated/α-hetero) is 1. The molecule has 0 spiro atoms. The second-order valence-corrected chi connectivity index (χ2v) is 4.22. The van der Waals surface area contributed by atoms with Crippen LogP contribution in [0, 0.1) is 0 Å². The molecule has 0 amide bonds. The third-order valence-electron chi connectivity index (χ3n) is 2.50. The highest BCUT2D eigenvalue weighted by molar-refractivity contribution is 6.31. The molecule has 5 nitrogen and oxygen atoms in total. The Bertz CT molecular complexity index is 632. The van der Waals surface area contributed by atoms with Crippen LogP contribution < -0.4 is 10.8 Å². The summed E-state index contributed by atoms with van der Waals surface area (Å²) in [6, 6.07) is 4.80. The van der Waals surface area contributed by atoms with Crippen LogP contribution in [0.1, 0.15) is 23.4 Å². The van der Waals surface area contributed by atoms with Crippen molar-refractivity contribution in [3.8, 4) is 0 Å². The van der Waals surface area contributed by atoms with Crippen LogP contribution in [0.25, 0.3) is 11.0 Å². The van der Waals surface area contributed by atoms with Gasteiger partial charge in [0.1, 0.15) is 5.58 Å². The molecule has 0 unspecified atom stereocenters. The molecule has 1 aromatic heterocycles. The molecule has 0 saturated heterocycles. The standard InChI is InChI=1S/C12H10ClNO4/c13-6-1-3-9-7(5-6)11(14)12(18-9)8(15)2-4-10(16)17/h1,3,5H,2,4,14H2,(H,16,17)/p-1. The number of nitrogens with two attached hydrogens (primary N) is 1. The lowest BCUT2D eigenvalue weighted by Crippen LogP contribution is -2.22. The number of carbonyl (C=O) groups excluding carboxylic acids is 2. The fourth-order valence-electron chi connectivity index (χ4n) is 1.63. The molecule has 0 atom stereocenters. The summed E-state index contributed by atoms with van der Waals surface area (Å²) >= 11 is 5.81. The second-order valence-electron chi connectivity index (χ2n) is 3.78. The molecule has 0 saturated carbocycles. The molecule has 1 heterocycles. The van der Waals surface area contributed by atoms with Crippen LogP contribution in [0.3, 0.4) is 0 Å². The normalized spacial score (nSPS) is 10.7. The predicted molar refractivity (Wildman–Crippen MR) is 64.2 cm³/mol. The maximum atomic E-state index is 11.7. The number of hydrogen-bond acceptors (Lipinski definition) is 5. The Morgan fingerprint density at radius 2 is 2.06 bits per heavy atom. The van der Waals surface area contributed by atoms with Gasteiger partial charge in [-0.15, -0.1) is 0 Å². The van der Waals surface area contributed by atoms with E-state index < -0.39 is 11.8 Å². The lowest BCUT2D eigenvalue weighted by molar-refractivity contribution is -0.305. The Morgan fingerprint density at radius 1 is 1.33 bits per heavy atom. The Hall–Kier alpha value is -2.01. The van der Waals surface area contributed by atoms with E-state index in [1.807, 2.05) is 0 Å². The van der Waals surface area contributed by atoms with Gasteiger partial charge in [0.15, 0.2) is 5.76 Å². The number of carboxylic acid groups (broad SMARTS) is 1. The van der Waals surface area contributed by atoms with E-state index in [9.17, 15) is 14.7 Å². The summed E-state index contributed by atoms with van der Waals surface area (Å²) in [6.45, 7) is 0. The Morgan fingerprint density at radius 3 is 2.72 bits per heavy atom. The Kier molecular flexibility index (Phi) is 3.25. The van der Waals surface area contributed by atoms with Crippen molar-refractivity contribution in [2.24, 2.45) is 0 Å². The van der Waals surface area contributed by atoms with Gasteiger partial charge in [-0.05, 0) is 24.6 Å². The SMILES string of the molecule is Nc1c(C(=O)CCC(=O)[O-])oc2ccc(Cl)cc12. The topological polar surface area (TPSA) is 96.4 Å². The lowest BCUT2D eigenvalue weighted by Gasteiger charge is -1.99. The van der Waals surface area contributed by atoms with E-state index in [-0.39, 0.29) is 24.3 Å². The first kappa shape index (κ1) is 12.4. The average Bonchev–Trinajstić information content (AvgIpc) is 2.64. The van der Waals surface area contributed by atoms with Gasteiger partial charge in [0.2, 0.25) is 5.78 Å². The molecule has 0 radical (unpaired) electrons. The van der Waals surface area contributed by atoms with Gasteiger partial charge in [0.05, 0.1) is 5.69 Å². The van der Waals surface area contributed by atoms with Gasteiger partial charge in [-0.2, -0.15) is 0 Å². The summed E-state index contributed by atoms with van der Waals surface area (Å²) in [6.07, 6.45) is -0.573. The minimum absolute atomic E-state index is 0.0338. The van der Waals surface area contributed by atoms with Gasteiger partial charge < -0.3 is 20.1 Å². The van der Waals surface area contributed by atoms with Crippen molar-refractivity contribution in [3.63, 3.8) is 0 Å². The number of anilines is 1. The number of ketones is 1. The number of furan rings is 1. The molecule has 0 bridgehead atoms. The van der Waals surface area contributed by atoms with Crippen LogP contribution in [-0.4, -0.2) is 11.8 Å². The van der Waals surface area contributed by atoms with Crippen LogP contribution in [-0.2, 0) is 4.79 Å². The highest BCUT2D eigenvalue weighted by atomic mass is 35.5. The van der Waals surface area contributed by atoms with Gasteiger partial charge in [-0.3, -0.25) is 4.79 Å². The van der Waals surface area contributed by atoms with Crippen LogP contribution >= 0.6 is 11.6 Å². The first-order valence-corrected chi connectivity index (χ1v) is 5.57. The molecule has 0 aliphatic rings. The van der Waals surface area contributed by atoms with Crippen LogP contribution in [0.5, 0.6) is 0 Å². The second kappa shape index (κ2) is 4.70. The summed E-state index contributed by atoms with van der Waals surface area (Å²) in [5, 5.41) is 11.3. The number of carboxylic acids is 1. The highest BCUT2D eigenvalue weighted by Gasteiger charge is 2.18. The zero-order valence-electron chi connectivity index (χ0n) is 9.23. The fourth-order valence-corrected chi connectivity index (χ4v) is 1.80. The largest absolute Gasteiger partial charge is 0.550 e. The van der Waals surface area contributed by atoms with E-state index in [1.165, 1.54) is 0 Å². The summed E-state index contributed by atoms with van der Waals surface area (Å²) in [5.74, 6) is -1.79. The van der Waals surface area contributed by atoms with E-state index in [1.54, 1.807) is 18.2 Å². The van der Waals surface area contributed by atoms with Gasteiger partial charge in [-0.1, -0.05) is 11.6 Å². The Balaban J connectivity index is 2.36. The third kappa shape index (κ3) is 2.31. The fraction of sp³-hybridized carbons (Fsp3) is 0.167. The molecule has 2 N–H and O–H groups in total. The van der Waals surface area contributed by atoms with Gasteiger partial charge >= 0.3 is 0 Å². The van der Waals surface area contributed by atoms with Crippen molar-refractivity contribution < 1.29 is 19.1 Å². The number of aliphatic carboxylic acids is 1. The number of rotatable bonds is 4. The molecule has 2 aromatic rings. The van der Waals surface area contributed by atoms with Crippen molar-refractivity contribution in [1.82, 2.24) is 0 Å². The number of hydrogen-bond donors (Lipinski definition) is 1. The monoisotopic (exact) mass is 266 g/mol. The van der Waals surface area contributed by atoms with Crippen molar-refractivity contribution >= 4 is 40.0 Å². The van der Waals surface area contributed by atoms with E-state index >= 15 is 0 Å². The summed E-state index contributed by atoms with van der Waals surface area (Å²) in [4.78, 5) is 22.0. The highest BCUT2D eigenvalue weighted by Crippen LogP contribution is 2.31. The minimum atomic E-state index is -1.29. The van der Waals surface area contributed by atoms with Crippen molar-refractivity contribution in [1.29, 1.82) is 0 Å². The number of carbonyl (C=O) groups is 2. The Labute approximate surface area is 107 Å². The molecule has 18 heavy (non-hydrogen) atoms. The number of halogens is 1. The quantitative estimate of drug-likeness (QED) is 0.843. The van der Waals surface area contributed by atoms with Crippen molar-refractivity contribution in [2.75, 3.05) is 5.73 Å². The van der Waals surface area contributed by atoms with Crippen LogP contribution in [0.2, 0.25) is 5.02 Å². The zero-order chi connectivity index (χ0) is 13.3. The first-order valence-electron chi connectivity index (χ1n) is 5.19. The smallest absolute Gasteiger partial charge is 0.200 e. The first-order chi connectivity index (χ1) is 8.49. The van der Waals surface area contributed by atoms with E-state index in [2.05, 4.69) is 0 Å². The molecular weight excluding hydrogens is 258 g/mol. The summed E-state index contributed by atoms with van der Waals surface area (Å²) in [7, 11) is 0. The van der Waals surface area contributed by atoms with Gasteiger partial charge in [0.25, 0.3) is 0 Å². The molecule has 0 fully saturated rings. The lowest BCUT2D eigenvalue weighted by atomic mass is 10.1. The molecule has 1 aromatic carbocycles. The summed E-state index contributed by atoms with van der Waals surface area (Å²) in [5.41, 5.74) is 6.39. The van der Waals surface area contributed by atoms with Crippen LogP contribution in [0.4, 0.5) is 5.69 Å². The van der Waals surface area contributed by atoms with Crippen molar-refractivity contribution in [2.45, 2.75) is 12.8 Å². The van der Waals surface area contributed by atoms with E-state index in [0.717, 1.165) is 0 Å². The average molecular weight is 267 g/mol. The summed E-state index contributed by atoms with van der Waals surface area (Å²) < 4.78 is 5.30. The van der Waals surface area contributed by atoms with Crippen molar-refractivity contribution in [3.05, 3.63) is 29.0 Å². The number of nitrogen functional groups attached to an aromatic ring is 1. The molecule has 0 aliphatic heterocycles. The maximum Gasteiger partial charge on any atom is 0.200 e. The van der Waals surface area contributed by atoms with Gasteiger partial charge in [-0.25, -0.2) is 0 Å². The molecular formula is C12H9ClNO4-. The minimum Gasteiger partial charge on any atom is -0.550 e. The van der Waals surface area contributed by atoms with E-state index in [4.69, 9.17) is 21.8 Å². The molecule has 6 heteroatoms. The molecule has 2 rings (SSSR count). The molecule has 94 valence electrons. The van der Waals surface area contributed by atoms with Crippen LogP contribution in [0.15, 0.2) is 22.6 Å². The van der Waals surface area contributed by atoms with E-state index in [0.29, 0.717) is 16.0 Å². The maximum absolute atomic E-state index is 11.7. The zero-order valence-corrected chi connectivity index (χ0v) is 9.99. The van der Waals surface area contributed by atoms with Gasteiger partial charge in [0, 0.05) is 22.8 Å². The predicted octanol–water partition coefficient (Wildman–Crippen LogP) is 1.38. The number of benzene rings is 1.